The molecule has 4 aliphatic carbocycles. The zero-order valence-corrected chi connectivity index (χ0v) is 20.6. The molecule has 0 fully saturated rings. The third-order valence-electron chi connectivity index (χ3n) is 6.30. The summed E-state index contributed by atoms with van der Waals surface area (Å²) in [7, 11) is 0. The van der Waals surface area contributed by atoms with E-state index in [1.54, 1.807) is 0 Å². The lowest BCUT2D eigenvalue weighted by atomic mass is 10.2. The van der Waals surface area contributed by atoms with Gasteiger partial charge in [-0.1, -0.05) is 84.9 Å². The highest BCUT2D eigenvalue weighted by atomic mass is 15.1. The summed E-state index contributed by atoms with van der Waals surface area (Å²) in [6.07, 6.45) is 3.72. The number of rotatable bonds is 6. The van der Waals surface area contributed by atoms with Crippen molar-refractivity contribution < 1.29 is 0 Å². The summed E-state index contributed by atoms with van der Waals surface area (Å²) in [5.74, 6) is 0. The van der Waals surface area contributed by atoms with Gasteiger partial charge in [0.1, 0.15) is 0 Å². The summed E-state index contributed by atoms with van der Waals surface area (Å²) in [4.78, 5) is 9.22. The van der Waals surface area contributed by atoms with E-state index in [0.29, 0.717) is 0 Å². The molecule has 2 aromatic rings. The molecule has 4 heteroatoms. The molecule has 0 saturated heterocycles. The molecule has 0 amide bonds. The van der Waals surface area contributed by atoms with Crippen molar-refractivity contribution in [3.05, 3.63) is 145 Å². The number of hydrogen-bond donors (Lipinski definition) is 0. The molecular weight excluding hydrogens is 464 g/mol. The third-order valence-corrected chi connectivity index (χ3v) is 6.30. The first-order valence-corrected chi connectivity index (χ1v) is 12.5. The second-order valence-electron chi connectivity index (χ2n) is 8.96. The second kappa shape index (κ2) is 10.8. The molecule has 38 heavy (non-hydrogen) atoms. The second-order valence-corrected chi connectivity index (χ2v) is 8.96. The Hall–Kier alpha value is -5.22. The van der Waals surface area contributed by atoms with Gasteiger partial charge >= 0.3 is 0 Å². The van der Waals surface area contributed by atoms with E-state index in [4.69, 9.17) is 0 Å². The van der Waals surface area contributed by atoms with Crippen LogP contribution < -0.4 is 0 Å². The van der Waals surface area contributed by atoms with Crippen LogP contribution in [0.25, 0.3) is 22.3 Å². The van der Waals surface area contributed by atoms with E-state index in [9.17, 15) is 0 Å². The third kappa shape index (κ3) is 5.61. The molecule has 0 bridgehead atoms. The molecular formula is C34H24N4. The summed E-state index contributed by atoms with van der Waals surface area (Å²) >= 11 is 0. The molecule has 2 aromatic carbocycles. The van der Waals surface area contributed by atoms with Gasteiger partial charge in [0, 0.05) is 12.4 Å². The van der Waals surface area contributed by atoms with E-state index in [2.05, 4.69) is 80.9 Å². The van der Waals surface area contributed by atoms with Gasteiger partial charge in [0.05, 0.1) is 22.7 Å². The number of benzene rings is 2. The summed E-state index contributed by atoms with van der Waals surface area (Å²) in [5, 5.41) is 8.74. The van der Waals surface area contributed by atoms with E-state index >= 15 is 0 Å². The Balaban J connectivity index is 1.07. The summed E-state index contributed by atoms with van der Waals surface area (Å²) in [6.45, 7) is 0. The number of hydrogen-bond acceptors (Lipinski definition) is 4. The molecule has 0 aromatic heterocycles. The molecule has 0 saturated carbocycles. The van der Waals surface area contributed by atoms with Gasteiger partial charge in [-0.15, -0.1) is 0 Å². The number of fused-ring (bicyclic) bond motifs is 2. The highest BCUT2D eigenvalue weighted by Gasteiger charge is 2.00. The molecule has 4 aliphatic rings. The number of nitrogens with zero attached hydrogens (tertiary/aromatic N) is 4. The largest absolute Gasteiger partial charge is 0.256 e. The van der Waals surface area contributed by atoms with E-state index in [1.807, 2.05) is 85.2 Å². The Morgan fingerprint density at radius 1 is 0.316 bits per heavy atom. The van der Waals surface area contributed by atoms with Gasteiger partial charge in [-0.25, -0.2) is 0 Å². The van der Waals surface area contributed by atoms with E-state index in [-0.39, 0.29) is 0 Å². The fourth-order valence-electron chi connectivity index (χ4n) is 4.15. The molecule has 0 spiro atoms. The molecule has 0 unspecified atom stereocenters. The maximum atomic E-state index is 4.61. The molecule has 0 N–H and O–H groups in total. The average Bonchev–Trinajstić information content (AvgIpc) is 3.51. The Kier molecular flexibility index (Phi) is 6.60. The topological polar surface area (TPSA) is 49.4 Å². The van der Waals surface area contributed by atoms with Crippen molar-refractivity contribution in [1.29, 1.82) is 0 Å². The smallest absolute Gasteiger partial charge is 0.0857 e. The molecule has 0 aliphatic heterocycles. The van der Waals surface area contributed by atoms with E-state index in [1.165, 1.54) is 22.3 Å². The van der Waals surface area contributed by atoms with Gasteiger partial charge < -0.3 is 0 Å². The molecule has 0 atom stereocenters. The summed E-state index contributed by atoms with van der Waals surface area (Å²) in [5.41, 5.74) is 10.3. The number of aliphatic imine (C=N–C) groups is 2. The van der Waals surface area contributed by atoms with E-state index < -0.39 is 0 Å². The first-order chi connectivity index (χ1) is 18.8. The highest BCUT2D eigenvalue weighted by Crippen LogP contribution is 2.26. The monoisotopic (exact) mass is 488 g/mol. The van der Waals surface area contributed by atoms with Crippen LogP contribution >= 0.6 is 0 Å². The van der Waals surface area contributed by atoms with Crippen LogP contribution in [0.1, 0.15) is 11.1 Å². The van der Waals surface area contributed by atoms with Crippen molar-refractivity contribution in [3.8, 4) is 22.3 Å². The van der Waals surface area contributed by atoms with Crippen LogP contribution in [0.4, 0.5) is 22.7 Å². The first-order valence-electron chi connectivity index (χ1n) is 12.5. The van der Waals surface area contributed by atoms with Crippen molar-refractivity contribution in [1.82, 2.24) is 0 Å². The summed E-state index contributed by atoms with van der Waals surface area (Å²) in [6, 6.07) is 44.7. The Bertz CT molecular complexity index is 1510. The Morgan fingerprint density at radius 3 is 0.974 bits per heavy atom. The van der Waals surface area contributed by atoms with Crippen molar-refractivity contribution in [2.75, 3.05) is 0 Å². The van der Waals surface area contributed by atoms with Gasteiger partial charge in [-0.05, 0) is 81.9 Å². The fraction of sp³-hybridized carbons (Fsp3) is 0. The first kappa shape index (κ1) is 23.2. The summed E-state index contributed by atoms with van der Waals surface area (Å²) < 4.78 is 0. The SMILES string of the molecule is C(=Nc1ccc2cccc-2cc1)c1ccc(N=Nc2ccc(C=Nc3ccc4cccc-4cc3)cc2)cc1. The van der Waals surface area contributed by atoms with Gasteiger partial charge in [0.2, 0.25) is 0 Å². The zero-order valence-electron chi connectivity index (χ0n) is 20.6. The van der Waals surface area contributed by atoms with Crippen LogP contribution in [0.5, 0.6) is 0 Å². The van der Waals surface area contributed by atoms with Gasteiger partial charge in [0.25, 0.3) is 0 Å². The van der Waals surface area contributed by atoms with Gasteiger partial charge in [-0.3, -0.25) is 9.98 Å². The van der Waals surface area contributed by atoms with Crippen molar-refractivity contribution >= 4 is 35.2 Å². The lowest BCUT2D eigenvalue weighted by Crippen LogP contribution is -1.79. The Labute approximate surface area is 222 Å². The van der Waals surface area contributed by atoms with Crippen molar-refractivity contribution in [2.45, 2.75) is 0 Å². The lowest BCUT2D eigenvalue weighted by Gasteiger charge is -1.97. The average molecular weight is 489 g/mol. The van der Waals surface area contributed by atoms with Crippen LogP contribution in [0, 0.1) is 0 Å². The molecule has 180 valence electrons. The van der Waals surface area contributed by atoms with Gasteiger partial charge in [-0.2, -0.15) is 10.2 Å². The maximum Gasteiger partial charge on any atom is 0.0857 e. The minimum atomic E-state index is 0.786. The van der Waals surface area contributed by atoms with Crippen LogP contribution in [0.15, 0.2) is 154 Å². The molecule has 6 rings (SSSR count). The highest BCUT2D eigenvalue weighted by molar-refractivity contribution is 5.83. The van der Waals surface area contributed by atoms with Crippen molar-refractivity contribution in [2.24, 2.45) is 20.2 Å². The van der Waals surface area contributed by atoms with Crippen LogP contribution in [-0.2, 0) is 0 Å². The van der Waals surface area contributed by atoms with Crippen LogP contribution in [0.3, 0.4) is 0 Å². The predicted molar refractivity (Wildman–Crippen MR) is 158 cm³/mol. The molecule has 0 heterocycles. The maximum absolute atomic E-state index is 4.61. The van der Waals surface area contributed by atoms with Crippen LogP contribution in [-0.4, -0.2) is 12.4 Å². The molecule has 0 radical (unpaired) electrons. The number of azo groups is 1. The molecule has 4 nitrogen and oxygen atoms in total. The minimum Gasteiger partial charge on any atom is -0.256 e. The van der Waals surface area contributed by atoms with Crippen molar-refractivity contribution in [3.63, 3.8) is 0 Å². The zero-order chi connectivity index (χ0) is 25.6. The van der Waals surface area contributed by atoms with E-state index in [0.717, 1.165) is 33.9 Å². The van der Waals surface area contributed by atoms with Gasteiger partial charge in [0.15, 0.2) is 0 Å². The fourth-order valence-corrected chi connectivity index (χ4v) is 4.15. The quantitative estimate of drug-likeness (QED) is 0.165. The normalized spacial score (nSPS) is 11.9. The lowest BCUT2D eigenvalue weighted by molar-refractivity contribution is 1.23. The minimum absolute atomic E-state index is 0.786. The standard InChI is InChI=1S/C34H24N4/c1-3-27-11-19-31(20-12-28(27)4-1)35-23-25-7-15-33(16-8-25)37-38-34-17-9-26(10-18-34)24-36-32-21-13-29-5-2-6-30(29)14-22-32/h1-24H. The Morgan fingerprint density at radius 2 is 0.632 bits per heavy atom. The predicted octanol–water partition coefficient (Wildman–Crippen LogP) is 9.81. The van der Waals surface area contributed by atoms with Crippen LogP contribution in [0.2, 0.25) is 0 Å².